The quantitative estimate of drug-likeness (QED) is 0.853. The third-order valence-corrected chi connectivity index (χ3v) is 3.29. The molecule has 0 aliphatic carbocycles. The summed E-state index contributed by atoms with van der Waals surface area (Å²) >= 11 is 6.25. The number of halogens is 1. The Kier molecular flexibility index (Phi) is 4.00. The van der Waals surface area contributed by atoms with E-state index < -0.39 is 0 Å². The number of hydrogen-bond acceptors (Lipinski definition) is 3. The molecule has 0 unspecified atom stereocenters. The lowest BCUT2D eigenvalue weighted by molar-refractivity contribution is 0.148. The van der Waals surface area contributed by atoms with Gasteiger partial charge in [0.25, 0.3) is 0 Å². The molecule has 1 heterocycles. The van der Waals surface area contributed by atoms with Crippen molar-refractivity contribution in [2.75, 3.05) is 13.7 Å². The largest absolute Gasteiger partial charge is 0.495 e. The molecule has 0 N–H and O–H groups in total. The van der Waals surface area contributed by atoms with Crippen molar-refractivity contribution in [3.05, 3.63) is 28.9 Å². The molecule has 0 atom stereocenters. The fourth-order valence-electron chi connectivity index (χ4n) is 2.01. The third-order valence-electron chi connectivity index (χ3n) is 2.90. The normalized spacial score (nSPS) is 10.7. The molecule has 0 bridgehead atoms. The molecule has 0 aliphatic heterocycles. The molecule has 2 aromatic rings. The lowest BCUT2D eigenvalue weighted by Gasteiger charge is -2.08. The monoisotopic (exact) mass is 281 g/mol. The first-order chi connectivity index (χ1) is 9.10. The standard InChI is InChI=1S/C14H16ClNO3/c1-4-7-19-14(17)16-9(2)8-10-11(16)5-6-12(18-3)13(10)15/h5-6,8H,4,7H2,1-3H3. The van der Waals surface area contributed by atoms with Crippen LogP contribution in [-0.2, 0) is 4.74 Å². The molecule has 0 saturated heterocycles. The van der Waals surface area contributed by atoms with E-state index in [1.165, 1.54) is 4.57 Å². The van der Waals surface area contributed by atoms with Crippen LogP contribution in [-0.4, -0.2) is 24.4 Å². The molecule has 19 heavy (non-hydrogen) atoms. The predicted octanol–water partition coefficient (Wildman–Crippen LogP) is 4.01. The summed E-state index contributed by atoms with van der Waals surface area (Å²) in [4.78, 5) is 12.0. The van der Waals surface area contributed by atoms with Crippen LogP contribution in [0.15, 0.2) is 18.2 Å². The van der Waals surface area contributed by atoms with Gasteiger partial charge in [0.15, 0.2) is 0 Å². The average molecular weight is 282 g/mol. The van der Waals surface area contributed by atoms with Gasteiger partial charge in [0.05, 0.1) is 24.3 Å². The smallest absolute Gasteiger partial charge is 0.418 e. The van der Waals surface area contributed by atoms with Gasteiger partial charge in [-0.1, -0.05) is 18.5 Å². The van der Waals surface area contributed by atoms with Crippen LogP contribution in [0.25, 0.3) is 10.9 Å². The van der Waals surface area contributed by atoms with Crippen LogP contribution in [0, 0.1) is 6.92 Å². The molecule has 0 spiro atoms. The number of ether oxygens (including phenoxy) is 2. The van der Waals surface area contributed by atoms with Crippen molar-refractivity contribution >= 4 is 28.6 Å². The zero-order valence-corrected chi connectivity index (χ0v) is 12.0. The number of carbonyl (C=O) groups is 1. The van der Waals surface area contributed by atoms with Crippen molar-refractivity contribution in [3.63, 3.8) is 0 Å². The number of fused-ring (bicyclic) bond motifs is 1. The van der Waals surface area contributed by atoms with Gasteiger partial charge in [-0.25, -0.2) is 9.36 Å². The fourth-order valence-corrected chi connectivity index (χ4v) is 2.30. The first-order valence-corrected chi connectivity index (χ1v) is 6.49. The third kappa shape index (κ3) is 2.40. The van der Waals surface area contributed by atoms with E-state index in [1.54, 1.807) is 19.2 Å². The van der Waals surface area contributed by atoms with Crippen LogP contribution in [0.2, 0.25) is 5.02 Å². The van der Waals surface area contributed by atoms with Crippen molar-refractivity contribution in [1.82, 2.24) is 4.57 Å². The van der Waals surface area contributed by atoms with Gasteiger partial charge in [0.1, 0.15) is 5.75 Å². The molecule has 0 amide bonds. The van der Waals surface area contributed by atoms with Gasteiger partial charge in [-0.05, 0) is 31.5 Å². The van der Waals surface area contributed by atoms with Crippen molar-refractivity contribution < 1.29 is 14.3 Å². The van der Waals surface area contributed by atoms with Gasteiger partial charge in [0.2, 0.25) is 0 Å². The average Bonchev–Trinajstić information content (AvgIpc) is 2.74. The minimum atomic E-state index is -0.379. The fraction of sp³-hybridized carbons (Fsp3) is 0.357. The number of hydrogen-bond donors (Lipinski definition) is 0. The first kappa shape index (κ1) is 13.7. The Morgan fingerprint density at radius 3 is 2.79 bits per heavy atom. The first-order valence-electron chi connectivity index (χ1n) is 6.11. The topological polar surface area (TPSA) is 40.5 Å². The Labute approximate surface area is 116 Å². The Morgan fingerprint density at radius 1 is 1.42 bits per heavy atom. The Morgan fingerprint density at radius 2 is 2.16 bits per heavy atom. The summed E-state index contributed by atoms with van der Waals surface area (Å²) in [6.07, 6.45) is 0.411. The van der Waals surface area contributed by atoms with Crippen LogP contribution >= 0.6 is 11.6 Å². The molecule has 4 nitrogen and oxygen atoms in total. The number of nitrogens with zero attached hydrogens (tertiary/aromatic N) is 1. The van der Waals surface area contributed by atoms with Crippen molar-refractivity contribution in [2.24, 2.45) is 0 Å². The van der Waals surface area contributed by atoms with Crippen LogP contribution in [0.1, 0.15) is 19.0 Å². The summed E-state index contributed by atoms with van der Waals surface area (Å²) in [5.41, 5.74) is 1.51. The molecular formula is C14H16ClNO3. The van der Waals surface area contributed by atoms with Crippen LogP contribution < -0.4 is 4.74 Å². The van der Waals surface area contributed by atoms with E-state index in [2.05, 4.69) is 0 Å². The molecule has 0 fully saturated rings. The molecule has 0 aliphatic rings. The van der Waals surface area contributed by atoms with Crippen LogP contribution in [0.4, 0.5) is 4.79 Å². The predicted molar refractivity (Wildman–Crippen MR) is 75.3 cm³/mol. The second-order valence-corrected chi connectivity index (χ2v) is 4.63. The molecular weight excluding hydrogens is 266 g/mol. The van der Waals surface area contributed by atoms with Gasteiger partial charge < -0.3 is 9.47 Å². The maximum Gasteiger partial charge on any atom is 0.418 e. The number of carbonyl (C=O) groups excluding carboxylic acids is 1. The second-order valence-electron chi connectivity index (χ2n) is 4.25. The highest BCUT2D eigenvalue weighted by atomic mass is 35.5. The summed E-state index contributed by atoms with van der Waals surface area (Å²) in [6.45, 7) is 4.20. The molecule has 1 aromatic heterocycles. The molecule has 2 rings (SSSR count). The van der Waals surface area contributed by atoms with Gasteiger partial charge in [-0.3, -0.25) is 0 Å². The maximum atomic E-state index is 12.0. The SMILES string of the molecule is CCCOC(=O)n1c(C)cc2c(Cl)c(OC)ccc21. The molecule has 0 saturated carbocycles. The zero-order valence-electron chi connectivity index (χ0n) is 11.2. The van der Waals surface area contributed by atoms with Gasteiger partial charge in [-0.2, -0.15) is 0 Å². The van der Waals surface area contributed by atoms with Gasteiger partial charge in [-0.15, -0.1) is 0 Å². The lowest BCUT2D eigenvalue weighted by atomic mass is 10.2. The highest BCUT2D eigenvalue weighted by Crippen LogP contribution is 2.34. The minimum absolute atomic E-state index is 0.379. The summed E-state index contributed by atoms with van der Waals surface area (Å²) in [5.74, 6) is 0.591. The summed E-state index contributed by atoms with van der Waals surface area (Å²) < 4.78 is 11.9. The highest BCUT2D eigenvalue weighted by Gasteiger charge is 2.17. The minimum Gasteiger partial charge on any atom is -0.495 e. The molecule has 5 heteroatoms. The molecule has 0 radical (unpaired) electrons. The zero-order chi connectivity index (χ0) is 14.0. The van der Waals surface area contributed by atoms with Crippen molar-refractivity contribution in [2.45, 2.75) is 20.3 Å². The van der Waals surface area contributed by atoms with Crippen molar-refractivity contribution in [1.29, 1.82) is 0 Å². The lowest BCUT2D eigenvalue weighted by Crippen LogP contribution is -2.15. The number of aromatic nitrogens is 1. The number of benzene rings is 1. The van der Waals surface area contributed by atoms with Gasteiger partial charge >= 0.3 is 6.09 Å². The Bertz CT molecular complexity index is 619. The Balaban J connectivity index is 2.54. The van der Waals surface area contributed by atoms with Gasteiger partial charge in [0, 0.05) is 11.1 Å². The highest BCUT2D eigenvalue weighted by molar-refractivity contribution is 6.37. The van der Waals surface area contributed by atoms with Crippen LogP contribution in [0.3, 0.4) is 0 Å². The summed E-state index contributed by atoms with van der Waals surface area (Å²) in [5, 5.41) is 1.29. The van der Waals surface area contributed by atoms with E-state index in [9.17, 15) is 4.79 Å². The summed E-state index contributed by atoms with van der Waals surface area (Å²) in [7, 11) is 1.56. The van der Waals surface area contributed by atoms with E-state index in [4.69, 9.17) is 21.1 Å². The maximum absolute atomic E-state index is 12.0. The van der Waals surface area contributed by atoms with E-state index in [0.29, 0.717) is 17.4 Å². The molecule has 1 aromatic carbocycles. The van der Waals surface area contributed by atoms with E-state index in [-0.39, 0.29) is 6.09 Å². The van der Waals surface area contributed by atoms with E-state index in [0.717, 1.165) is 23.0 Å². The Hall–Kier alpha value is -1.68. The second kappa shape index (κ2) is 5.53. The van der Waals surface area contributed by atoms with E-state index in [1.807, 2.05) is 19.9 Å². The summed E-state index contributed by atoms with van der Waals surface area (Å²) in [6, 6.07) is 5.40. The van der Waals surface area contributed by atoms with Crippen LogP contribution in [0.5, 0.6) is 5.75 Å². The number of aryl methyl sites for hydroxylation is 1. The molecule has 102 valence electrons. The number of rotatable bonds is 3. The van der Waals surface area contributed by atoms with E-state index >= 15 is 0 Å². The van der Waals surface area contributed by atoms with Crippen molar-refractivity contribution in [3.8, 4) is 5.75 Å². The number of methoxy groups -OCH3 is 1.